The van der Waals surface area contributed by atoms with Crippen LogP contribution < -0.4 is 0 Å². The molecule has 0 aromatic heterocycles. The van der Waals surface area contributed by atoms with Crippen LogP contribution in [0, 0.1) is 0 Å². The molecule has 2 heteroatoms. The molecule has 0 saturated heterocycles. The van der Waals surface area contributed by atoms with E-state index in [-0.39, 0.29) is 11.0 Å². The van der Waals surface area contributed by atoms with Crippen LogP contribution in [-0.4, -0.2) is 0 Å². The molecule has 0 amide bonds. The molecule has 0 unspecified atom stereocenters. The summed E-state index contributed by atoms with van der Waals surface area (Å²) >= 11 is 0. The Kier molecular flexibility index (Phi) is 2.66. The van der Waals surface area contributed by atoms with E-state index in [1.807, 2.05) is 0 Å². The van der Waals surface area contributed by atoms with E-state index in [2.05, 4.69) is 20.8 Å². The van der Waals surface area contributed by atoms with Crippen LogP contribution in [0.3, 0.4) is 0 Å². The molecule has 0 heterocycles. The van der Waals surface area contributed by atoms with Crippen LogP contribution in [-0.2, 0) is 11.3 Å². The van der Waals surface area contributed by atoms with Gasteiger partial charge < -0.3 is 0 Å². The van der Waals surface area contributed by atoms with Gasteiger partial charge in [0.1, 0.15) is 0 Å². The van der Waals surface area contributed by atoms with Crippen LogP contribution >= 0.6 is 0 Å². The summed E-state index contributed by atoms with van der Waals surface area (Å²) in [6.07, 6.45) is 0. The molecule has 1 aromatic rings. The predicted octanol–water partition coefficient (Wildman–Crippen LogP) is 4.10. The molecule has 0 aliphatic rings. The quantitative estimate of drug-likeness (QED) is 0.637. The summed E-state index contributed by atoms with van der Waals surface area (Å²) in [5.74, 6) is -2.74. The lowest BCUT2D eigenvalue weighted by atomic mass is 9.86. The van der Waals surface area contributed by atoms with Crippen molar-refractivity contribution in [1.82, 2.24) is 0 Å². The molecular weight excluding hydrogens is 182 g/mol. The highest BCUT2D eigenvalue weighted by Gasteiger charge is 2.24. The van der Waals surface area contributed by atoms with E-state index in [0.717, 1.165) is 12.5 Å². The van der Waals surface area contributed by atoms with Crippen LogP contribution in [0.4, 0.5) is 8.78 Å². The third-order valence-electron chi connectivity index (χ3n) is 2.26. The Balaban J connectivity index is 3.02. The number of hydrogen-bond acceptors (Lipinski definition) is 0. The van der Waals surface area contributed by atoms with E-state index in [1.165, 1.54) is 12.1 Å². The molecule has 0 aliphatic carbocycles. The first-order chi connectivity index (χ1) is 6.21. The van der Waals surface area contributed by atoms with Gasteiger partial charge in [-0.15, -0.1) is 0 Å². The molecule has 0 atom stereocenters. The average Bonchev–Trinajstić information content (AvgIpc) is 2.01. The molecule has 0 saturated carbocycles. The van der Waals surface area contributed by atoms with Crippen molar-refractivity contribution in [2.45, 2.75) is 39.0 Å². The van der Waals surface area contributed by atoms with E-state index in [1.54, 1.807) is 12.1 Å². The molecule has 78 valence electrons. The molecule has 1 rings (SSSR count). The summed E-state index contributed by atoms with van der Waals surface area (Å²) in [6, 6.07) is 6.54. The minimum Gasteiger partial charge on any atom is -0.202 e. The number of alkyl halides is 2. The van der Waals surface area contributed by atoms with Gasteiger partial charge in [0.15, 0.2) is 0 Å². The van der Waals surface area contributed by atoms with Crippen molar-refractivity contribution < 1.29 is 8.78 Å². The van der Waals surface area contributed by atoms with E-state index in [4.69, 9.17) is 0 Å². The van der Waals surface area contributed by atoms with Gasteiger partial charge >= 0.3 is 0 Å². The Morgan fingerprint density at radius 2 is 1.14 bits per heavy atom. The Morgan fingerprint density at radius 1 is 0.786 bits per heavy atom. The molecule has 0 fully saturated rings. The lowest BCUT2D eigenvalue weighted by Gasteiger charge is -2.20. The second kappa shape index (κ2) is 3.34. The molecule has 0 bridgehead atoms. The van der Waals surface area contributed by atoms with E-state index >= 15 is 0 Å². The molecule has 0 radical (unpaired) electrons. The van der Waals surface area contributed by atoms with Crippen LogP contribution in [0.25, 0.3) is 0 Å². The van der Waals surface area contributed by atoms with Gasteiger partial charge in [-0.2, -0.15) is 0 Å². The van der Waals surface area contributed by atoms with Crippen LogP contribution in [0.2, 0.25) is 0 Å². The zero-order valence-electron chi connectivity index (χ0n) is 9.07. The van der Waals surface area contributed by atoms with Gasteiger partial charge in [-0.1, -0.05) is 45.0 Å². The number of benzene rings is 1. The lowest BCUT2D eigenvalue weighted by molar-refractivity contribution is 0.0174. The normalized spacial score (nSPS) is 13.0. The monoisotopic (exact) mass is 198 g/mol. The summed E-state index contributed by atoms with van der Waals surface area (Å²) in [7, 11) is 0. The molecule has 14 heavy (non-hydrogen) atoms. The second-order valence-corrected chi connectivity index (χ2v) is 4.72. The molecule has 0 N–H and O–H groups in total. The number of rotatable bonds is 1. The third kappa shape index (κ3) is 2.53. The SMILES string of the molecule is CC(C)(C)c1ccc(C(C)(F)F)cc1. The summed E-state index contributed by atoms with van der Waals surface area (Å²) in [4.78, 5) is 0. The summed E-state index contributed by atoms with van der Waals surface area (Å²) in [5.41, 5.74) is 1.16. The Bertz CT molecular complexity index is 266. The first-order valence-corrected chi connectivity index (χ1v) is 4.70. The fraction of sp³-hybridized carbons (Fsp3) is 0.500. The first-order valence-electron chi connectivity index (χ1n) is 4.70. The van der Waals surface area contributed by atoms with Crippen molar-refractivity contribution >= 4 is 0 Å². The van der Waals surface area contributed by atoms with Crippen LogP contribution in [0.5, 0.6) is 0 Å². The maximum absolute atomic E-state index is 12.9. The van der Waals surface area contributed by atoms with E-state index < -0.39 is 5.92 Å². The Labute approximate surface area is 84.0 Å². The summed E-state index contributed by atoms with van der Waals surface area (Å²) in [6.45, 7) is 7.10. The van der Waals surface area contributed by atoms with Gasteiger partial charge in [0.25, 0.3) is 5.92 Å². The molecule has 0 nitrogen and oxygen atoms in total. The first kappa shape index (κ1) is 11.2. The summed E-state index contributed by atoms with van der Waals surface area (Å²) in [5, 5.41) is 0. The third-order valence-corrected chi connectivity index (χ3v) is 2.26. The zero-order chi connectivity index (χ0) is 11.0. The topological polar surface area (TPSA) is 0 Å². The molecule has 0 aliphatic heterocycles. The van der Waals surface area contributed by atoms with Gasteiger partial charge in [0.2, 0.25) is 0 Å². The Hall–Kier alpha value is -0.920. The maximum atomic E-state index is 12.9. The van der Waals surface area contributed by atoms with Crippen LogP contribution in [0.15, 0.2) is 24.3 Å². The average molecular weight is 198 g/mol. The van der Waals surface area contributed by atoms with Gasteiger partial charge in [-0.25, -0.2) is 8.78 Å². The number of hydrogen-bond donors (Lipinski definition) is 0. The van der Waals surface area contributed by atoms with Crippen molar-refractivity contribution in [2.24, 2.45) is 0 Å². The second-order valence-electron chi connectivity index (χ2n) is 4.72. The molecular formula is C12H16F2. The largest absolute Gasteiger partial charge is 0.270 e. The maximum Gasteiger partial charge on any atom is 0.270 e. The minimum absolute atomic E-state index is 0.0154. The highest BCUT2D eigenvalue weighted by Crippen LogP contribution is 2.29. The number of halogens is 2. The molecule has 0 spiro atoms. The van der Waals surface area contributed by atoms with E-state index in [0.29, 0.717) is 0 Å². The fourth-order valence-electron chi connectivity index (χ4n) is 1.26. The van der Waals surface area contributed by atoms with Crippen LogP contribution in [0.1, 0.15) is 38.8 Å². The van der Waals surface area contributed by atoms with Crippen molar-refractivity contribution in [1.29, 1.82) is 0 Å². The van der Waals surface area contributed by atoms with Gasteiger partial charge in [0, 0.05) is 12.5 Å². The standard InChI is InChI=1S/C12H16F2/c1-11(2,3)9-5-7-10(8-6-9)12(4,13)14/h5-8H,1-4H3. The summed E-state index contributed by atoms with van der Waals surface area (Å²) < 4.78 is 25.8. The minimum atomic E-state index is -2.74. The van der Waals surface area contributed by atoms with Crippen molar-refractivity contribution in [3.05, 3.63) is 35.4 Å². The van der Waals surface area contributed by atoms with E-state index in [9.17, 15) is 8.78 Å². The van der Waals surface area contributed by atoms with Crippen molar-refractivity contribution in [3.63, 3.8) is 0 Å². The zero-order valence-corrected chi connectivity index (χ0v) is 9.07. The smallest absolute Gasteiger partial charge is 0.202 e. The fourth-order valence-corrected chi connectivity index (χ4v) is 1.26. The van der Waals surface area contributed by atoms with Gasteiger partial charge in [0.05, 0.1) is 0 Å². The highest BCUT2D eigenvalue weighted by atomic mass is 19.3. The van der Waals surface area contributed by atoms with Crippen molar-refractivity contribution in [3.8, 4) is 0 Å². The lowest BCUT2D eigenvalue weighted by Crippen LogP contribution is -2.12. The van der Waals surface area contributed by atoms with Gasteiger partial charge in [-0.05, 0) is 11.0 Å². The Morgan fingerprint density at radius 3 is 1.43 bits per heavy atom. The molecule has 1 aromatic carbocycles. The van der Waals surface area contributed by atoms with Crippen molar-refractivity contribution in [2.75, 3.05) is 0 Å². The highest BCUT2D eigenvalue weighted by molar-refractivity contribution is 5.29. The predicted molar refractivity (Wildman–Crippen MR) is 54.7 cm³/mol. The van der Waals surface area contributed by atoms with Gasteiger partial charge in [-0.3, -0.25) is 0 Å².